The number of aliphatic carboxylic acids is 1. The van der Waals surface area contributed by atoms with Gasteiger partial charge in [0.25, 0.3) is 0 Å². The lowest BCUT2D eigenvalue weighted by molar-refractivity contribution is -0.145. The zero-order valence-electron chi connectivity index (χ0n) is 29.3. The summed E-state index contributed by atoms with van der Waals surface area (Å²) in [7, 11) is 0. The number of hydrogen-bond acceptors (Lipinski definition) is 5. The number of carbonyl (C=O) groups excluding carboxylic acids is 2. The van der Waals surface area contributed by atoms with Crippen LogP contribution in [0.2, 0.25) is 0 Å². The molecular weight excluding hydrogens is 548 g/mol. The highest BCUT2D eigenvalue weighted by molar-refractivity contribution is 6.07. The molecule has 0 heterocycles. The Labute approximate surface area is 272 Å². The predicted octanol–water partition coefficient (Wildman–Crippen LogP) is 10.2. The molecule has 6 heteroatoms. The van der Waals surface area contributed by atoms with E-state index in [1.165, 1.54) is 128 Å². The molecule has 0 fully saturated rings. The first-order chi connectivity index (χ1) is 21.4. The maximum Gasteiger partial charge on any atom is 0.320 e. The number of Topliss-reactive ketones (excluding diaryl/α,β-unsaturated/α-hetero) is 2. The van der Waals surface area contributed by atoms with Gasteiger partial charge in [-0.15, -0.1) is 0 Å². The third-order valence-corrected chi connectivity index (χ3v) is 9.54. The Hall–Kier alpha value is -1.27. The van der Waals surface area contributed by atoms with E-state index in [-0.39, 0.29) is 31.0 Å². The molecule has 0 saturated carbocycles. The summed E-state index contributed by atoms with van der Waals surface area (Å²) in [4.78, 5) is 38.7. The standard InChI is InChI=1S/C38H74N2O4/c1-3-5-7-9-11-13-15-17-19-21-23-25-27-29-35(41)38(31-32-39,33-34(40)37(43)44)36(42)30-28-26-24-22-20-18-16-14-12-10-8-6-4-2/h34H,3-33,39-40H2,1-2H3,(H,43,44)/t34-/m0/s1. The van der Waals surface area contributed by atoms with Crippen LogP contribution in [0.4, 0.5) is 0 Å². The highest BCUT2D eigenvalue weighted by atomic mass is 16.4. The smallest absolute Gasteiger partial charge is 0.320 e. The van der Waals surface area contributed by atoms with E-state index in [4.69, 9.17) is 11.5 Å². The predicted molar refractivity (Wildman–Crippen MR) is 187 cm³/mol. The van der Waals surface area contributed by atoms with Crippen LogP contribution in [0.5, 0.6) is 0 Å². The number of hydrogen-bond donors (Lipinski definition) is 3. The van der Waals surface area contributed by atoms with Crippen LogP contribution < -0.4 is 11.5 Å². The molecule has 44 heavy (non-hydrogen) atoms. The Morgan fingerprint density at radius 3 is 1.05 bits per heavy atom. The van der Waals surface area contributed by atoms with Crippen LogP contribution in [0, 0.1) is 5.41 Å². The molecule has 6 nitrogen and oxygen atoms in total. The lowest BCUT2D eigenvalue weighted by Crippen LogP contribution is -2.47. The van der Waals surface area contributed by atoms with Gasteiger partial charge in [-0.05, 0) is 32.2 Å². The molecule has 0 aliphatic heterocycles. The van der Waals surface area contributed by atoms with Crippen molar-refractivity contribution in [3.63, 3.8) is 0 Å². The second kappa shape index (κ2) is 30.4. The van der Waals surface area contributed by atoms with Crippen molar-refractivity contribution in [1.82, 2.24) is 0 Å². The lowest BCUT2D eigenvalue weighted by atomic mass is 9.69. The summed E-state index contributed by atoms with van der Waals surface area (Å²) >= 11 is 0. The van der Waals surface area contributed by atoms with Crippen molar-refractivity contribution in [3.8, 4) is 0 Å². The molecule has 0 aromatic rings. The van der Waals surface area contributed by atoms with Crippen molar-refractivity contribution in [3.05, 3.63) is 0 Å². The van der Waals surface area contributed by atoms with Crippen LogP contribution in [0.15, 0.2) is 0 Å². The Morgan fingerprint density at radius 2 is 0.795 bits per heavy atom. The Morgan fingerprint density at radius 1 is 0.523 bits per heavy atom. The zero-order valence-corrected chi connectivity index (χ0v) is 29.3. The molecule has 0 saturated heterocycles. The number of carboxylic acid groups (broad SMARTS) is 1. The monoisotopic (exact) mass is 623 g/mol. The van der Waals surface area contributed by atoms with Gasteiger partial charge in [-0.2, -0.15) is 0 Å². The van der Waals surface area contributed by atoms with Gasteiger partial charge in [-0.3, -0.25) is 14.4 Å². The second-order valence-corrected chi connectivity index (χ2v) is 13.6. The van der Waals surface area contributed by atoms with Crippen LogP contribution in [0.25, 0.3) is 0 Å². The van der Waals surface area contributed by atoms with Crippen LogP contribution in [-0.2, 0) is 14.4 Å². The second-order valence-electron chi connectivity index (χ2n) is 13.6. The molecule has 0 spiro atoms. The fraction of sp³-hybridized carbons (Fsp3) is 0.921. The van der Waals surface area contributed by atoms with Gasteiger partial charge >= 0.3 is 5.97 Å². The third kappa shape index (κ3) is 22.3. The summed E-state index contributed by atoms with van der Waals surface area (Å²) in [5.41, 5.74) is 10.5. The molecule has 0 aliphatic rings. The van der Waals surface area contributed by atoms with Gasteiger partial charge in [0.2, 0.25) is 0 Å². The summed E-state index contributed by atoms with van der Waals surface area (Å²) in [6.45, 7) is 4.67. The van der Waals surface area contributed by atoms with Gasteiger partial charge in [-0.25, -0.2) is 0 Å². The molecule has 0 bridgehead atoms. The number of rotatable bonds is 35. The molecule has 0 aromatic carbocycles. The molecule has 1 atom stereocenters. The summed E-state index contributed by atoms with van der Waals surface area (Å²) in [6, 6.07) is -1.24. The fourth-order valence-corrected chi connectivity index (χ4v) is 6.56. The van der Waals surface area contributed by atoms with Gasteiger partial charge in [0.15, 0.2) is 0 Å². The Balaban J connectivity index is 4.48. The number of unbranched alkanes of at least 4 members (excludes halogenated alkanes) is 24. The molecule has 0 rings (SSSR count). The molecule has 0 radical (unpaired) electrons. The topological polar surface area (TPSA) is 123 Å². The third-order valence-electron chi connectivity index (χ3n) is 9.54. The van der Waals surface area contributed by atoms with Crippen LogP contribution in [0.3, 0.4) is 0 Å². The van der Waals surface area contributed by atoms with Gasteiger partial charge < -0.3 is 16.6 Å². The molecule has 260 valence electrons. The van der Waals surface area contributed by atoms with E-state index in [9.17, 15) is 19.5 Å². The number of ketones is 2. The minimum atomic E-state index is -1.36. The molecule has 0 aliphatic carbocycles. The molecular formula is C38H74N2O4. The SMILES string of the molecule is CCCCCCCCCCCCCCCC(=O)C(CCN)(C[C@H](N)C(=O)O)C(=O)CCCCCCCCCCCCCCC. The highest BCUT2D eigenvalue weighted by Crippen LogP contribution is 2.34. The molecule has 5 N–H and O–H groups in total. The van der Waals surface area contributed by atoms with E-state index < -0.39 is 17.4 Å². The van der Waals surface area contributed by atoms with E-state index >= 15 is 0 Å². The van der Waals surface area contributed by atoms with Crippen molar-refractivity contribution < 1.29 is 19.5 Å². The average molecular weight is 623 g/mol. The van der Waals surface area contributed by atoms with Gasteiger partial charge in [-0.1, -0.05) is 168 Å². The minimum Gasteiger partial charge on any atom is -0.480 e. The first kappa shape index (κ1) is 42.7. The molecule has 0 aromatic heterocycles. The van der Waals surface area contributed by atoms with E-state index in [0.717, 1.165) is 38.5 Å². The van der Waals surface area contributed by atoms with Gasteiger partial charge in [0, 0.05) is 12.8 Å². The van der Waals surface area contributed by atoms with E-state index in [1.54, 1.807) is 0 Å². The highest BCUT2D eigenvalue weighted by Gasteiger charge is 2.45. The van der Waals surface area contributed by atoms with Crippen LogP contribution in [0.1, 0.15) is 206 Å². The summed E-state index contributed by atoms with van der Waals surface area (Å²) in [5.74, 6) is -1.47. The quantitative estimate of drug-likeness (QED) is 0.0477. The summed E-state index contributed by atoms with van der Waals surface area (Å²) in [6.07, 6.45) is 32.4. The number of nitrogens with two attached hydrogens (primary N) is 2. The van der Waals surface area contributed by atoms with Crippen molar-refractivity contribution in [2.45, 2.75) is 213 Å². The van der Waals surface area contributed by atoms with Crippen molar-refractivity contribution in [1.29, 1.82) is 0 Å². The Bertz CT molecular complexity index is 654. The van der Waals surface area contributed by atoms with Gasteiger partial charge in [0.05, 0.1) is 5.41 Å². The first-order valence-electron chi connectivity index (χ1n) is 19.1. The summed E-state index contributed by atoms with van der Waals surface area (Å²) in [5, 5.41) is 9.50. The molecule has 0 unspecified atom stereocenters. The number of carbonyl (C=O) groups is 3. The van der Waals surface area contributed by atoms with Crippen molar-refractivity contribution in [2.75, 3.05) is 6.54 Å². The Kier molecular flexibility index (Phi) is 29.5. The van der Waals surface area contributed by atoms with E-state index in [2.05, 4.69) is 13.8 Å². The van der Waals surface area contributed by atoms with Crippen molar-refractivity contribution in [2.24, 2.45) is 16.9 Å². The average Bonchev–Trinajstić information content (AvgIpc) is 3.01. The van der Waals surface area contributed by atoms with Crippen molar-refractivity contribution >= 4 is 17.5 Å². The fourth-order valence-electron chi connectivity index (χ4n) is 6.56. The van der Waals surface area contributed by atoms with Crippen LogP contribution >= 0.6 is 0 Å². The van der Waals surface area contributed by atoms with E-state index in [0.29, 0.717) is 12.8 Å². The zero-order chi connectivity index (χ0) is 32.7. The minimum absolute atomic E-state index is 0.145. The van der Waals surface area contributed by atoms with E-state index in [1.807, 2.05) is 0 Å². The largest absolute Gasteiger partial charge is 0.480 e. The maximum absolute atomic E-state index is 13.6. The summed E-state index contributed by atoms with van der Waals surface area (Å²) < 4.78 is 0. The number of carboxylic acids is 1. The first-order valence-corrected chi connectivity index (χ1v) is 19.1. The normalized spacial score (nSPS) is 12.5. The lowest BCUT2D eigenvalue weighted by Gasteiger charge is -2.32. The van der Waals surface area contributed by atoms with Crippen LogP contribution in [-0.4, -0.2) is 35.2 Å². The maximum atomic E-state index is 13.6. The molecule has 0 amide bonds. The van der Waals surface area contributed by atoms with Gasteiger partial charge in [0.1, 0.15) is 17.6 Å².